The summed E-state index contributed by atoms with van der Waals surface area (Å²) in [5.41, 5.74) is 1.75. The van der Waals surface area contributed by atoms with Crippen LogP contribution in [0.25, 0.3) is 10.6 Å². The van der Waals surface area contributed by atoms with E-state index in [4.69, 9.17) is 0 Å². The summed E-state index contributed by atoms with van der Waals surface area (Å²) < 4.78 is 22.0. The lowest BCUT2D eigenvalue weighted by Crippen LogP contribution is -2.25. The number of aromatic nitrogens is 2. The van der Waals surface area contributed by atoms with Crippen molar-refractivity contribution in [3.8, 4) is 10.6 Å². The summed E-state index contributed by atoms with van der Waals surface area (Å²) in [5, 5.41) is 11.5. The van der Waals surface area contributed by atoms with Gasteiger partial charge < -0.3 is 5.32 Å². The fourth-order valence-corrected chi connectivity index (χ4v) is 2.95. The van der Waals surface area contributed by atoms with E-state index in [1.807, 2.05) is 17.5 Å². The highest BCUT2D eigenvalue weighted by Crippen LogP contribution is 2.25. The van der Waals surface area contributed by atoms with Gasteiger partial charge in [-0.2, -0.15) is 5.10 Å². The molecule has 2 heterocycles. The lowest BCUT2D eigenvalue weighted by molar-refractivity contribution is -0.120. The Morgan fingerprint density at radius 3 is 2.95 bits per heavy atom. The summed E-state index contributed by atoms with van der Waals surface area (Å²) in [5.74, 6) is -0.420. The van der Waals surface area contributed by atoms with Crippen molar-refractivity contribution in [3.63, 3.8) is 0 Å². The zero-order chi connectivity index (χ0) is 14.6. The van der Waals surface area contributed by atoms with E-state index in [1.54, 1.807) is 17.5 Å². The van der Waals surface area contributed by atoms with E-state index in [1.165, 1.54) is 0 Å². The molecule has 0 radical (unpaired) electrons. The second kappa shape index (κ2) is 6.19. The van der Waals surface area contributed by atoms with Crippen LogP contribution in [-0.2, 0) is 21.2 Å². The second-order valence-corrected chi connectivity index (χ2v) is 7.61. The van der Waals surface area contributed by atoms with E-state index in [0.717, 1.165) is 22.4 Å². The minimum Gasteiger partial charge on any atom is -0.352 e. The van der Waals surface area contributed by atoms with Crippen molar-refractivity contribution in [2.45, 2.75) is 13.0 Å². The van der Waals surface area contributed by atoms with Crippen LogP contribution in [0, 0.1) is 0 Å². The molecule has 0 aliphatic carbocycles. The molecule has 0 aliphatic rings. The maximum Gasteiger partial charge on any atom is 0.221 e. The Morgan fingerprint density at radius 1 is 1.50 bits per heavy atom. The standard InChI is InChI=1S/C12H15N3O3S2/c1-20(17,18)6-4-11(16)13-7-9-8-14-15-12(9)10-3-2-5-19-10/h2-3,5,8H,4,6-7H2,1H3,(H,13,16)(H,14,15). The van der Waals surface area contributed by atoms with Gasteiger partial charge in [0, 0.05) is 24.8 Å². The maximum atomic E-state index is 11.6. The van der Waals surface area contributed by atoms with Crippen LogP contribution in [0.15, 0.2) is 23.7 Å². The molecule has 0 saturated heterocycles. The number of thiophene rings is 1. The quantitative estimate of drug-likeness (QED) is 0.838. The molecule has 1 amide bonds. The van der Waals surface area contributed by atoms with Crippen LogP contribution in [0.5, 0.6) is 0 Å². The summed E-state index contributed by atoms with van der Waals surface area (Å²) in [6, 6.07) is 3.91. The lowest BCUT2D eigenvalue weighted by atomic mass is 10.2. The van der Waals surface area contributed by atoms with Gasteiger partial charge in [0.25, 0.3) is 0 Å². The monoisotopic (exact) mass is 313 g/mol. The highest BCUT2D eigenvalue weighted by Gasteiger charge is 2.11. The van der Waals surface area contributed by atoms with Crippen molar-refractivity contribution in [1.29, 1.82) is 0 Å². The molecule has 2 aromatic heterocycles. The zero-order valence-corrected chi connectivity index (χ0v) is 12.6. The Bertz CT molecular complexity index is 675. The maximum absolute atomic E-state index is 11.6. The molecule has 20 heavy (non-hydrogen) atoms. The van der Waals surface area contributed by atoms with E-state index in [9.17, 15) is 13.2 Å². The molecule has 2 aromatic rings. The summed E-state index contributed by atoms with van der Waals surface area (Å²) in [6.07, 6.45) is 2.75. The second-order valence-electron chi connectivity index (χ2n) is 4.40. The van der Waals surface area contributed by atoms with Crippen LogP contribution in [0.3, 0.4) is 0 Å². The Kier molecular flexibility index (Phi) is 4.56. The minimum atomic E-state index is -3.11. The molecule has 0 saturated carbocycles. The van der Waals surface area contributed by atoms with Gasteiger partial charge in [-0.1, -0.05) is 6.07 Å². The van der Waals surface area contributed by atoms with E-state index in [0.29, 0.717) is 6.54 Å². The molecule has 0 bridgehead atoms. The summed E-state index contributed by atoms with van der Waals surface area (Å²) >= 11 is 1.58. The fourth-order valence-electron chi connectivity index (χ4n) is 1.64. The van der Waals surface area contributed by atoms with Gasteiger partial charge in [0.05, 0.1) is 22.5 Å². The van der Waals surface area contributed by atoms with Gasteiger partial charge in [-0.15, -0.1) is 11.3 Å². The van der Waals surface area contributed by atoms with Gasteiger partial charge in [-0.25, -0.2) is 8.42 Å². The molecule has 8 heteroatoms. The van der Waals surface area contributed by atoms with E-state index < -0.39 is 9.84 Å². The van der Waals surface area contributed by atoms with Gasteiger partial charge in [0.15, 0.2) is 0 Å². The normalized spacial score (nSPS) is 11.4. The minimum absolute atomic E-state index is 0.0228. The molecule has 2 rings (SSSR count). The van der Waals surface area contributed by atoms with Gasteiger partial charge in [-0.3, -0.25) is 9.89 Å². The number of nitrogens with zero attached hydrogens (tertiary/aromatic N) is 1. The number of hydrogen-bond donors (Lipinski definition) is 2. The lowest BCUT2D eigenvalue weighted by Gasteiger charge is -2.04. The number of sulfone groups is 1. The van der Waals surface area contributed by atoms with Crippen LogP contribution in [-0.4, -0.2) is 36.5 Å². The molecule has 2 N–H and O–H groups in total. The molecule has 108 valence electrons. The topological polar surface area (TPSA) is 91.9 Å². The highest BCUT2D eigenvalue weighted by atomic mass is 32.2. The van der Waals surface area contributed by atoms with Crippen molar-refractivity contribution in [2.24, 2.45) is 0 Å². The third-order valence-electron chi connectivity index (χ3n) is 2.66. The van der Waals surface area contributed by atoms with Crippen molar-refractivity contribution in [2.75, 3.05) is 12.0 Å². The van der Waals surface area contributed by atoms with Gasteiger partial charge in [0.2, 0.25) is 5.91 Å². The molecule has 0 aromatic carbocycles. The number of carbonyl (C=O) groups excluding carboxylic acids is 1. The highest BCUT2D eigenvalue weighted by molar-refractivity contribution is 7.90. The molecule has 6 nitrogen and oxygen atoms in total. The Balaban J connectivity index is 1.92. The molecular formula is C12H15N3O3S2. The third-order valence-corrected chi connectivity index (χ3v) is 4.49. The van der Waals surface area contributed by atoms with E-state index in [2.05, 4.69) is 15.5 Å². The Hall–Kier alpha value is -1.67. The van der Waals surface area contributed by atoms with E-state index >= 15 is 0 Å². The first kappa shape index (κ1) is 14.7. The molecule has 0 atom stereocenters. The van der Waals surface area contributed by atoms with E-state index in [-0.39, 0.29) is 18.1 Å². The predicted molar refractivity (Wildman–Crippen MR) is 78.1 cm³/mol. The molecular weight excluding hydrogens is 298 g/mol. The molecule has 0 unspecified atom stereocenters. The van der Waals surface area contributed by atoms with Crippen molar-refractivity contribution < 1.29 is 13.2 Å². The number of H-pyrrole nitrogens is 1. The van der Waals surface area contributed by atoms with Crippen molar-refractivity contribution in [3.05, 3.63) is 29.3 Å². The van der Waals surface area contributed by atoms with Gasteiger partial charge in [0.1, 0.15) is 9.84 Å². The number of nitrogens with one attached hydrogen (secondary N) is 2. The Labute approximate surface area is 121 Å². The van der Waals surface area contributed by atoms with Gasteiger partial charge >= 0.3 is 0 Å². The summed E-state index contributed by atoms with van der Waals surface area (Å²) in [6.45, 7) is 0.326. The largest absolute Gasteiger partial charge is 0.352 e. The van der Waals surface area contributed by atoms with Crippen LogP contribution >= 0.6 is 11.3 Å². The molecule has 0 fully saturated rings. The molecule has 0 spiro atoms. The zero-order valence-electron chi connectivity index (χ0n) is 10.9. The van der Waals surface area contributed by atoms with Crippen LogP contribution in [0.4, 0.5) is 0 Å². The van der Waals surface area contributed by atoms with Crippen LogP contribution in [0.2, 0.25) is 0 Å². The SMILES string of the molecule is CS(=O)(=O)CCC(=O)NCc1cn[nH]c1-c1cccs1. The van der Waals surface area contributed by atoms with Crippen molar-refractivity contribution >= 4 is 27.1 Å². The smallest absolute Gasteiger partial charge is 0.221 e. The van der Waals surface area contributed by atoms with Crippen molar-refractivity contribution in [1.82, 2.24) is 15.5 Å². The predicted octanol–water partition coefficient (Wildman–Crippen LogP) is 1.19. The average molecular weight is 313 g/mol. The number of hydrogen-bond acceptors (Lipinski definition) is 5. The van der Waals surface area contributed by atoms with Crippen LogP contribution < -0.4 is 5.32 Å². The fraction of sp³-hybridized carbons (Fsp3) is 0.333. The summed E-state index contributed by atoms with van der Waals surface area (Å²) in [4.78, 5) is 12.6. The number of rotatable bonds is 6. The first-order chi connectivity index (χ1) is 9.46. The molecule has 0 aliphatic heterocycles. The van der Waals surface area contributed by atoms with Crippen LogP contribution in [0.1, 0.15) is 12.0 Å². The first-order valence-electron chi connectivity index (χ1n) is 5.96. The number of carbonyl (C=O) groups is 1. The summed E-state index contributed by atoms with van der Waals surface area (Å²) in [7, 11) is -3.11. The van der Waals surface area contributed by atoms with Gasteiger partial charge in [-0.05, 0) is 11.4 Å². The number of aromatic amines is 1. The Morgan fingerprint density at radius 2 is 2.30 bits per heavy atom. The third kappa shape index (κ3) is 4.17. The average Bonchev–Trinajstić information content (AvgIpc) is 3.02. The first-order valence-corrected chi connectivity index (χ1v) is 8.90. The number of amides is 1.